The lowest BCUT2D eigenvalue weighted by Crippen LogP contribution is -2.39. The molecule has 1 heterocycles. The van der Waals surface area contributed by atoms with Gasteiger partial charge in [0.1, 0.15) is 0 Å². The minimum absolute atomic E-state index is 0.171. The van der Waals surface area contributed by atoms with Crippen molar-refractivity contribution in [1.82, 2.24) is 5.32 Å². The van der Waals surface area contributed by atoms with Crippen molar-refractivity contribution in [3.63, 3.8) is 0 Å². The van der Waals surface area contributed by atoms with Gasteiger partial charge in [-0.15, -0.1) is 0 Å². The Morgan fingerprint density at radius 3 is 2.32 bits per heavy atom. The maximum Gasteiger partial charge on any atom is 0.234 e. The second-order valence-corrected chi connectivity index (χ2v) is 6.38. The van der Waals surface area contributed by atoms with Gasteiger partial charge in [0.05, 0.1) is 5.92 Å². The van der Waals surface area contributed by atoms with Gasteiger partial charge >= 0.3 is 0 Å². The van der Waals surface area contributed by atoms with Crippen LogP contribution in [0.1, 0.15) is 50.0 Å². The first-order valence-corrected chi connectivity index (χ1v) is 8.07. The van der Waals surface area contributed by atoms with Gasteiger partial charge in [-0.25, -0.2) is 0 Å². The standard InChI is InChI=1S/C17H23N3O2/c18-12-3-7-14(8-4-12)19-13-5-1-11(2-6-13)15-9-10-16(21)20-17(15)22/h1-2,5-6,12,14-15,19H,3-4,7-10,18H2,(H,20,21,22). The summed E-state index contributed by atoms with van der Waals surface area (Å²) in [5, 5.41) is 5.95. The molecule has 1 saturated carbocycles. The number of nitrogens with one attached hydrogen (secondary N) is 2. The minimum atomic E-state index is -0.209. The highest BCUT2D eigenvalue weighted by Crippen LogP contribution is 2.27. The van der Waals surface area contributed by atoms with Crippen molar-refractivity contribution in [1.29, 1.82) is 0 Å². The quantitative estimate of drug-likeness (QED) is 0.744. The number of piperidine rings is 1. The van der Waals surface area contributed by atoms with Crippen molar-refractivity contribution in [2.24, 2.45) is 5.73 Å². The van der Waals surface area contributed by atoms with Crippen molar-refractivity contribution in [2.45, 2.75) is 56.5 Å². The van der Waals surface area contributed by atoms with E-state index in [4.69, 9.17) is 5.73 Å². The number of rotatable bonds is 3. The molecule has 2 fully saturated rings. The molecule has 5 nitrogen and oxygen atoms in total. The van der Waals surface area contributed by atoms with Gasteiger partial charge in [0.2, 0.25) is 11.8 Å². The van der Waals surface area contributed by atoms with Crippen LogP contribution in [0.4, 0.5) is 5.69 Å². The van der Waals surface area contributed by atoms with Crippen LogP contribution in [0.5, 0.6) is 0 Å². The Morgan fingerprint density at radius 2 is 1.68 bits per heavy atom. The van der Waals surface area contributed by atoms with Crippen molar-refractivity contribution >= 4 is 17.5 Å². The average molecular weight is 301 g/mol. The van der Waals surface area contributed by atoms with Crippen molar-refractivity contribution in [3.8, 4) is 0 Å². The van der Waals surface area contributed by atoms with Crippen LogP contribution in [-0.4, -0.2) is 23.9 Å². The third kappa shape index (κ3) is 3.47. The van der Waals surface area contributed by atoms with Crippen LogP contribution in [0.15, 0.2) is 24.3 Å². The Labute approximate surface area is 130 Å². The van der Waals surface area contributed by atoms with Gasteiger partial charge in [0.15, 0.2) is 0 Å². The molecule has 118 valence electrons. The van der Waals surface area contributed by atoms with Crippen LogP contribution in [0.2, 0.25) is 0 Å². The first-order chi connectivity index (χ1) is 10.6. The number of imide groups is 1. The molecule has 3 rings (SSSR count). The molecule has 0 radical (unpaired) electrons. The molecule has 1 aliphatic heterocycles. The predicted molar refractivity (Wildman–Crippen MR) is 85.4 cm³/mol. The Balaban J connectivity index is 1.60. The van der Waals surface area contributed by atoms with E-state index in [9.17, 15) is 9.59 Å². The fourth-order valence-corrected chi connectivity index (χ4v) is 3.32. The number of hydrogen-bond donors (Lipinski definition) is 3. The summed E-state index contributed by atoms with van der Waals surface area (Å²) >= 11 is 0. The summed E-state index contributed by atoms with van der Waals surface area (Å²) in [5.74, 6) is -0.562. The van der Waals surface area contributed by atoms with E-state index in [1.54, 1.807) is 0 Å². The molecule has 1 unspecified atom stereocenters. The Hall–Kier alpha value is -1.88. The summed E-state index contributed by atoms with van der Waals surface area (Å²) in [6, 6.07) is 8.85. The number of nitrogens with two attached hydrogens (primary N) is 1. The summed E-state index contributed by atoms with van der Waals surface area (Å²) in [6.07, 6.45) is 5.38. The molecule has 0 spiro atoms. The Kier molecular flexibility index (Phi) is 4.43. The van der Waals surface area contributed by atoms with Gasteiger partial charge in [0, 0.05) is 24.2 Å². The molecule has 1 saturated heterocycles. The first kappa shape index (κ1) is 15.0. The normalized spacial score (nSPS) is 29.0. The molecule has 1 aromatic rings. The van der Waals surface area contributed by atoms with E-state index in [-0.39, 0.29) is 17.7 Å². The van der Waals surface area contributed by atoms with Crippen molar-refractivity contribution in [2.75, 3.05) is 5.32 Å². The van der Waals surface area contributed by atoms with Gasteiger partial charge in [-0.2, -0.15) is 0 Å². The molecule has 4 N–H and O–H groups in total. The van der Waals surface area contributed by atoms with Crippen molar-refractivity contribution in [3.05, 3.63) is 29.8 Å². The minimum Gasteiger partial charge on any atom is -0.382 e. The maximum atomic E-state index is 11.9. The van der Waals surface area contributed by atoms with Crippen LogP contribution < -0.4 is 16.4 Å². The fourth-order valence-electron chi connectivity index (χ4n) is 3.32. The van der Waals surface area contributed by atoms with Crippen LogP contribution in [-0.2, 0) is 9.59 Å². The molecule has 1 aliphatic carbocycles. The summed E-state index contributed by atoms with van der Waals surface area (Å²) in [7, 11) is 0. The molecule has 1 atom stereocenters. The molecular weight excluding hydrogens is 278 g/mol. The van der Waals surface area contributed by atoms with E-state index in [1.165, 1.54) is 0 Å². The molecule has 0 bridgehead atoms. The third-order valence-corrected chi connectivity index (χ3v) is 4.69. The van der Waals surface area contributed by atoms with E-state index >= 15 is 0 Å². The van der Waals surface area contributed by atoms with E-state index < -0.39 is 0 Å². The van der Waals surface area contributed by atoms with E-state index in [1.807, 2.05) is 24.3 Å². The average Bonchev–Trinajstić information content (AvgIpc) is 2.51. The molecule has 2 amide bonds. The molecule has 22 heavy (non-hydrogen) atoms. The van der Waals surface area contributed by atoms with Crippen LogP contribution in [0.3, 0.4) is 0 Å². The number of carbonyl (C=O) groups excluding carboxylic acids is 2. The van der Waals surface area contributed by atoms with Gasteiger partial charge in [0.25, 0.3) is 0 Å². The third-order valence-electron chi connectivity index (χ3n) is 4.69. The van der Waals surface area contributed by atoms with Crippen molar-refractivity contribution < 1.29 is 9.59 Å². The van der Waals surface area contributed by atoms with Gasteiger partial charge < -0.3 is 11.1 Å². The SMILES string of the molecule is NC1CCC(Nc2ccc(C3CCC(=O)NC3=O)cc2)CC1. The smallest absolute Gasteiger partial charge is 0.234 e. The number of anilines is 1. The molecule has 5 heteroatoms. The molecule has 0 aromatic heterocycles. The molecular formula is C17H23N3O2. The largest absolute Gasteiger partial charge is 0.382 e. The summed E-state index contributed by atoms with van der Waals surface area (Å²) in [5.41, 5.74) is 7.98. The van der Waals surface area contributed by atoms with E-state index in [0.717, 1.165) is 36.9 Å². The van der Waals surface area contributed by atoms with Crippen LogP contribution >= 0.6 is 0 Å². The Morgan fingerprint density at radius 1 is 1.00 bits per heavy atom. The zero-order valence-corrected chi connectivity index (χ0v) is 12.7. The summed E-state index contributed by atoms with van der Waals surface area (Å²) < 4.78 is 0. The van der Waals surface area contributed by atoms with E-state index in [2.05, 4.69) is 10.6 Å². The lowest BCUT2D eigenvalue weighted by molar-refractivity contribution is -0.134. The molecule has 1 aromatic carbocycles. The van der Waals surface area contributed by atoms with Gasteiger partial charge in [-0.1, -0.05) is 12.1 Å². The first-order valence-electron chi connectivity index (χ1n) is 8.07. The number of benzene rings is 1. The van der Waals surface area contributed by atoms with Crippen LogP contribution in [0.25, 0.3) is 0 Å². The maximum absolute atomic E-state index is 11.9. The topological polar surface area (TPSA) is 84.2 Å². The predicted octanol–water partition coefficient (Wildman–Crippen LogP) is 1.89. The second kappa shape index (κ2) is 6.48. The summed E-state index contributed by atoms with van der Waals surface area (Å²) in [4.78, 5) is 23.1. The molecule has 2 aliphatic rings. The zero-order chi connectivity index (χ0) is 15.5. The number of carbonyl (C=O) groups is 2. The summed E-state index contributed by atoms with van der Waals surface area (Å²) in [6.45, 7) is 0. The van der Waals surface area contributed by atoms with Gasteiger partial charge in [-0.05, 0) is 49.8 Å². The second-order valence-electron chi connectivity index (χ2n) is 6.38. The van der Waals surface area contributed by atoms with E-state index in [0.29, 0.717) is 24.9 Å². The number of hydrogen-bond acceptors (Lipinski definition) is 4. The van der Waals surface area contributed by atoms with Crippen LogP contribution in [0, 0.1) is 0 Å². The highest BCUT2D eigenvalue weighted by atomic mass is 16.2. The highest BCUT2D eigenvalue weighted by Gasteiger charge is 2.27. The lowest BCUT2D eigenvalue weighted by Gasteiger charge is -2.28. The number of amides is 2. The Bertz CT molecular complexity index is 548. The highest BCUT2D eigenvalue weighted by molar-refractivity contribution is 6.00. The zero-order valence-electron chi connectivity index (χ0n) is 12.7. The fraction of sp³-hybridized carbons (Fsp3) is 0.529. The monoisotopic (exact) mass is 301 g/mol. The lowest BCUT2D eigenvalue weighted by atomic mass is 9.90. The van der Waals surface area contributed by atoms with Gasteiger partial charge in [-0.3, -0.25) is 14.9 Å².